The SMILES string of the molecule is CCC(Cc1ccc(F)cc1Cl)C(C)C. The van der Waals surface area contributed by atoms with Crippen LogP contribution in [0.1, 0.15) is 32.8 Å². The van der Waals surface area contributed by atoms with E-state index in [-0.39, 0.29) is 5.82 Å². The second kappa shape index (κ2) is 5.50. The Morgan fingerprint density at radius 1 is 1.33 bits per heavy atom. The van der Waals surface area contributed by atoms with E-state index in [1.54, 1.807) is 6.07 Å². The maximum Gasteiger partial charge on any atom is 0.124 e. The van der Waals surface area contributed by atoms with Gasteiger partial charge in [-0.25, -0.2) is 4.39 Å². The predicted molar refractivity (Wildman–Crippen MR) is 63.7 cm³/mol. The highest BCUT2D eigenvalue weighted by molar-refractivity contribution is 6.31. The molecule has 0 spiro atoms. The standard InChI is InChI=1S/C13H18ClF/c1-4-10(9(2)3)7-11-5-6-12(15)8-13(11)14/h5-6,8-10H,4,7H2,1-3H3. The molecule has 15 heavy (non-hydrogen) atoms. The van der Waals surface area contributed by atoms with Crippen LogP contribution in [0, 0.1) is 17.7 Å². The van der Waals surface area contributed by atoms with Crippen molar-refractivity contribution in [3.05, 3.63) is 34.6 Å². The highest BCUT2D eigenvalue weighted by Crippen LogP contribution is 2.25. The first-order valence-electron chi connectivity index (χ1n) is 5.48. The molecule has 0 bridgehead atoms. The van der Waals surface area contributed by atoms with Crippen LogP contribution in [-0.2, 0) is 6.42 Å². The van der Waals surface area contributed by atoms with Crippen LogP contribution in [0.4, 0.5) is 4.39 Å². The van der Waals surface area contributed by atoms with Gasteiger partial charge < -0.3 is 0 Å². The molecule has 0 saturated heterocycles. The highest BCUT2D eigenvalue weighted by Gasteiger charge is 2.13. The zero-order valence-electron chi connectivity index (χ0n) is 9.56. The molecule has 0 aliphatic rings. The van der Waals surface area contributed by atoms with E-state index in [1.165, 1.54) is 12.1 Å². The van der Waals surface area contributed by atoms with Crippen LogP contribution in [0.3, 0.4) is 0 Å². The van der Waals surface area contributed by atoms with Crippen molar-refractivity contribution in [2.45, 2.75) is 33.6 Å². The number of benzene rings is 1. The molecule has 0 heterocycles. The normalized spacial score (nSPS) is 13.2. The van der Waals surface area contributed by atoms with Crippen molar-refractivity contribution in [2.24, 2.45) is 11.8 Å². The van der Waals surface area contributed by atoms with Crippen LogP contribution in [0.5, 0.6) is 0 Å². The summed E-state index contributed by atoms with van der Waals surface area (Å²) in [5.74, 6) is 0.991. The Morgan fingerprint density at radius 3 is 2.47 bits per heavy atom. The minimum Gasteiger partial charge on any atom is -0.207 e. The van der Waals surface area contributed by atoms with Crippen molar-refractivity contribution in [1.29, 1.82) is 0 Å². The van der Waals surface area contributed by atoms with Crippen LogP contribution >= 0.6 is 11.6 Å². The fourth-order valence-electron chi connectivity index (χ4n) is 1.82. The van der Waals surface area contributed by atoms with Gasteiger partial charge in [-0.1, -0.05) is 44.9 Å². The van der Waals surface area contributed by atoms with Gasteiger partial charge in [-0.05, 0) is 36.0 Å². The Labute approximate surface area is 96.5 Å². The minimum absolute atomic E-state index is 0.263. The van der Waals surface area contributed by atoms with Crippen LogP contribution in [0.15, 0.2) is 18.2 Å². The molecule has 0 aliphatic heterocycles. The molecular formula is C13H18ClF. The second-order valence-corrected chi connectivity index (χ2v) is 4.76. The average Bonchev–Trinajstić information content (AvgIpc) is 2.16. The molecule has 0 fully saturated rings. The van der Waals surface area contributed by atoms with E-state index in [0.29, 0.717) is 16.9 Å². The van der Waals surface area contributed by atoms with Crippen LogP contribution in [0.25, 0.3) is 0 Å². The summed E-state index contributed by atoms with van der Waals surface area (Å²) in [4.78, 5) is 0. The zero-order valence-corrected chi connectivity index (χ0v) is 10.3. The molecule has 84 valence electrons. The van der Waals surface area contributed by atoms with Crippen molar-refractivity contribution in [2.75, 3.05) is 0 Å². The first-order valence-corrected chi connectivity index (χ1v) is 5.86. The van der Waals surface area contributed by atoms with Gasteiger partial charge >= 0.3 is 0 Å². The van der Waals surface area contributed by atoms with Gasteiger partial charge in [0.2, 0.25) is 0 Å². The van der Waals surface area contributed by atoms with Gasteiger partial charge in [-0.3, -0.25) is 0 Å². The summed E-state index contributed by atoms with van der Waals surface area (Å²) in [7, 11) is 0. The first kappa shape index (κ1) is 12.5. The molecule has 1 atom stereocenters. The summed E-state index contributed by atoms with van der Waals surface area (Å²) in [5.41, 5.74) is 1.05. The average molecular weight is 229 g/mol. The molecule has 0 aliphatic carbocycles. The molecular weight excluding hydrogens is 211 g/mol. The van der Waals surface area contributed by atoms with E-state index in [4.69, 9.17) is 11.6 Å². The fourth-order valence-corrected chi connectivity index (χ4v) is 2.07. The molecule has 0 amide bonds. The van der Waals surface area contributed by atoms with Gasteiger partial charge in [0.05, 0.1) is 0 Å². The molecule has 0 aromatic heterocycles. The third-order valence-electron chi connectivity index (χ3n) is 2.96. The summed E-state index contributed by atoms with van der Waals surface area (Å²) >= 11 is 6.00. The molecule has 0 radical (unpaired) electrons. The molecule has 1 aromatic rings. The Bertz CT molecular complexity index is 320. The van der Waals surface area contributed by atoms with Crippen molar-refractivity contribution in [3.63, 3.8) is 0 Å². The lowest BCUT2D eigenvalue weighted by molar-refractivity contribution is 0.371. The molecule has 0 nitrogen and oxygen atoms in total. The Balaban J connectivity index is 2.79. The molecule has 1 rings (SSSR count). The molecule has 2 heteroatoms. The topological polar surface area (TPSA) is 0 Å². The Hall–Kier alpha value is -0.560. The molecule has 0 saturated carbocycles. The zero-order chi connectivity index (χ0) is 11.4. The fraction of sp³-hybridized carbons (Fsp3) is 0.538. The summed E-state index contributed by atoms with van der Waals surface area (Å²) in [6.07, 6.45) is 2.07. The minimum atomic E-state index is -0.263. The van der Waals surface area contributed by atoms with Gasteiger partial charge in [0.25, 0.3) is 0 Å². The molecule has 1 unspecified atom stereocenters. The monoisotopic (exact) mass is 228 g/mol. The third-order valence-corrected chi connectivity index (χ3v) is 3.32. The molecule has 0 N–H and O–H groups in total. The van der Waals surface area contributed by atoms with Gasteiger partial charge in [0, 0.05) is 5.02 Å². The summed E-state index contributed by atoms with van der Waals surface area (Å²) < 4.78 is 12.8. The van der Waals surface area contributed by atoms with Crippen molar-refractivity contribution in [3.8, 4) is 0 Å². The van der Waals surface area contributed by atoms with Gasteiger partial charge in [-0.15, -0.1) is 0 Å². The van der Waals surface area contributed by atoms with E-state index in [0.717, 1.165) is 18.4 Å². The predicted octanol–water partition coefficient (Wildman–Crippen LogP) is 4.70. The van der Waals surface area contributed by atoms with Gasteiger partial charge in [-0.2, -0.15) is 0 Å². The van der Waals surface area contributed by atoms with Crippen LogP contribution < -0.4 is 0 Å². The Morgan fingerprint density at radius 2 is 2.00 bits per heavy atom. The number of hydrogen-bond donors (Lipinski definition) is 0. The summed E-state index contributed by atoms with van der Waals surface area (Å²) in [6.45, 7) is 6.61. The van der Waals surface area contributed by atoms with E-state index < -0.39 is 0 Å². The Kier molecular flexibility index (Phi) is 4.59. The summed E-state index contributed by atoms with van der Waals surface area (Å²) in [5, 5.41) is 0.550. The number of halogens is 2. The first-order chi connectivity index (χ1) is 7.04. The maximum absolute atomic E-state index is 12.8. The smallest absolute Gasteiger partial charge is 0.124 e. The van der Waals surface area contributed by atoms with E-state index >= 15 is 0 Å². The van der Waals surface area contributed by atoms with Gasteiger partial charge in [0.1, 0.15) is 5.82 Å². The lowest BCUT2D eigenvalue weighted by Gasteiger charge is -2.19. The van der Waals surface area contributed by atoms with E-state index in [2.05, 4.69) is 20.8 Å². The molecule has 1 aromatic carbocycles. The largest absolute Gasteiger partial charge is 0.207 e. The van der Waals surface area contributed by atoms with E-state index in [1.807, 2.05) is 0 Å². The lowest BCUT2D eigenvalue weighted by Crippen LogP contribution is -2.11. The van der Waals surface area contributed by atoms with Gasteiger partial charge in [0.15, 0.2) is 0 Å². The van der Waals surface area contributed by atoms with E-state index in [9.17, 15) is 4.39 Å². The quantitative estimate of drug-likeness (QED) is 0.701. The highest BCUT2D eigenvalue weighted by atomic mass is 35.5. The number of hydrogen-bond acceptors (Lipinski definition) is 0. The van der Waals surface area contributed by atoms with Crippen molar-refractivity contribution in [1.82, 2.24) is 0 Å². The van der Waals surface area contributed by atoms with Crippen molar-refractivity contribution >= 4 is 11.6 Å². The lowest BCUT2D eigenvalue weighted by atomic mass is 9.87. The van der Waals surface area contributed by atoms with Crippen LogP contribution in [-0.4, -0.2) is 0 Å². The summed E-state index contributed by atoms with van der Waals surface area (Å²) in [6, 6.07) is 4.67. The van der Waals surface area contributed by atoms with Crippen LogP contribution in [0.2, 0.25) is 5.02 Å². The van der Waals surface area contributed by atoms with Crippen molar-refractivity contribution < 1.29 is 4.39 Å². The number of rotatable bonds is 4. The maximum atomic E-state index is 12.8. The second-order valence-electron chi connectivity index (χ2n) is 4.35. The third kappa shape index (κ3) is 3.49.